The Hall–Kier alpha value is -0.860. The molecule has 102 valence electrons. The molecule has 2 nitrogen and oxygen atoms in total. The van der Waals surface area contributed by atoms with Gasteiger partial charge < -0.3 is 10.1 Å². The Morgan fingerprint density at radius 2 is 1.89 bits per heavy atom. The lowest BCUT2D eigenvalue weighted by atomic mass is 9.90. The number of ether oxygens (including phenoxy) is 1. The summed E-state index contributed by atoms with van der Waals surface area (Å²) in [5.41, 5.74) is 3.98. The van der Waals surface area contributed by atoms with Crippen molar-refractivity contribution in [2.24, 2.45) is 5.92 Å². The Morgan fingerprint density at radius 1 is 1.22 bits per heavy atom. The van der Waals surface area contributed by atoms with Crippen LogP contribution < -0.4 is 5.32 Å². The van der Waals surface area contributed by atoms with Crippen LogP contribution in [0.1, 0.15) is 43.5 Å². The molecule has 0 saturated carbocycles. The molecule has 0 aliphatic heterocycles. The molecule has 1 rings (SSSR count). The molecule has 1 aromatic rings. The average Bonchev–Trinajstić information content (AvgIpc) is 2.31. The van der Waals surface area contributed by atoms with Crippen LogP contribution in [0.15, 0.2) is 18.2 Å². The molecule has 0 radical (unpaired) electrons. The lowest BCUT2D eigenvalue weighted by Crippen LogP contribution is -2.36. The van der Waals surface area contributed by atoms with Crippen LogP contribution in [0.25, 0.3) is 0 Å². The van der Waals surface area contributed by atoms with Gasteiger partial charge in [0.2, 0.25) is 0 Å². The first-order valence-electron chi connectivity index (χ1n) is 6.87. The van der Waals surface area contributed by atoms with Crippen LogP contribution in [-0.2, 0) is 4.74 Å². The molecule has 1 N–H and O–H groups in total. The van der Waals surface area contributed by atoms with E-state index in [-0.39, 0.29) is 12.1 Å². The number of likely N-dealkylation sites (N-methyl/N-ethyl adjacent to an activating group) is 1. The Balaban J connectivity index is 3.06. The zero-order valence-electron chi connectivity index (χ0n) is 12.6. The molecule has 0 bridgehead atoms. The summed E-state index contributed by atoms with van der Waals surface area (Å²) >= 11 is 0. The van der Waals surface area contributed by atoms with Gasteiger partial charge in [-0.2, -0.15) is 0 Å². The summed E-state index contributed by atoms with van der Waals surface area (Å²) in [4.78, 5) is 0. The predicted octanol–water partition coefficient (Wildman–Crippen LogP) is 3.63. The second-order valence-corrected chi connectivity index (χ2v) is 5.29. The lowest BCUT2D eigenvalue weighted by Gasteiger charge is -2.31. The van der Waals surface area contributed by atoms with Gasteiger partial charge in [0.25, 0.3) is 0 Å². The van der Waals surface area contributed by atoms with Crippen molar-refractivity contribution >= 4 is 0 Å². The minimum absolute atomic E-state index is 0.210. The van der Waals surface area contributed by atoms with Gasteiger partial charge in [-0.15, -0.1) is 0 Å². The van der Waals surface area contributed by atoms with Crippen molar-refractivity contribution in [1.82, 2.24) is 5.32 Å². The Kier molecular flexibility index (Phi) is 5.83. The van der Waals surface area contributed by atoms with E-state index in [9.17, 15) is 0 Å². The quantitative estimate of drug-likeness (QED) is 0.831. The summed E-state index contributed by atoms with van der Waals surface area (Å²) in [6.07, 6.45) is 0.210. The van der Waals surface area contributed by atoms with Crippen LogP contribution in [-0.4, -0.2) is 19.8 Å². The molecule has 18 heavy (non-hydrogen) atoms. The molecule has 0 heterocycles. The van der Waals surface area contributed by atoms with E-state index >= 15 is 0 Å². The fourth-order valence-electron chi connectivity index (χ4n) is 2.54. The first-order valence-corrected chi connectivity index (χ1v) is 6.87. The fourth-order valence-corrected chi connectivity index (χ4v) is 2.54. The van der Waals surface area contributed by atoms with Crippen LogP contribution >= 0.6 is 0 Å². The van der Waals surface area contributed by atoms with Gasteiger partial charge in [0.15, 0.2) is 0 Å². The normalized spacial score (nSPS) is 14.8. The summed E-state index contributed by atoms with van der Waals surface area (Å²) in [5, 5.41) is 3.42. The molecule has 0 aliphatic rings. The van der Waals surface area contributed by atoms with Crippen LogP contribution in [0.5, 0.6) is 0 Å². The first-order chi connectivity index (χ1) is 8.51. The third kappa shape index (κ3) is 3.56. The van der Waals surface area contributed by atoms with Crippen molar-refractivity contribution in [3.63, 3.8) is 0 Å². The molecule has 1 aromatic carbocycles. The van der Waals surface area contributed by atoms with E-state index in [1.165, 1.54) is 16.7 Å². The smallest absolute Gasteiger partial charge is 0.0792 e. The molecule has 0 aromatic heterocycles. The highest BCUT2D eigenvalue weighted by molar-refractivity contribution is 5.33. The number of benzene rings is 1. The number of nitrogens with one attached hydrogen (secondary N) is 1. The molecular weight excluding hydrogens is 222 g/mol. The highest BCUT2D eigenvalue weighted by atomic mass is 16.5. The van der Waals surface area contributed by atoms with Crippen molar-refractivity contribution in [3.05, 3.63) is 34.9 Å². The summed E-state index contributed by atoms with van der Waals surface area (Å²) in [6, 6.07) is 6.89. The van der Waals surface area contributed by atoms with Gasteiger partial charge in [0.05, 0.1) is 12.1 Å². The third-order valence-electron chi connectivity index (χ3n) is 3.42. The van der Waals surface area contributed by atoms with Crippen molar-refractivity contribution in [1.29, 1.82) is 0 Å². The second-order valence-electron chi connectivity index (χ2n) is 5.29. The first kappa shape index (κ1) is 15.2. The average molecular weight is 249 g/mol. The highest BCUT2D eigenvalue weighted by Crippen LogP contribution is 2.27. The third-order valence-corrected chi connectivity index (χ3v) is 3.42. The van der Waals surface area contributed by atoms with E-state index in [0.29, 0.717) is 5.92 Å². The van der Waals surface area contributed by atoms with Crippen LogP contribution in [0.3, 0.4) is 0 Å². The Morgan fingerprint density at radius 3 is 2.33 bits per heavy atom. The maximum atomic E-state index is 5.93. The molecule has 0 fully saturated rings. The van der Waals surface area contributed by atoms with Gasteiger partial charge in [-0.25, -0.2) is 0 Å². The van der Waals surface area contributed by atoms with E-state index in [4.69, 9.17) is 4.74 Å². The molecule has 2 atom stereocenters. The van der Waals surface area contributed by atoms with Crippen molar-refractivity contribution in [2.75, 3.05) is 13.7 Å². The molecule has 2 unspecified atom stereocenters. The molecular formula is C16H27NO. The number of hydrogen-bond acceptors (Lipinski definition) is 2. The maximum absolute atomic E-state index is 5.93. The van der Waals surface area contributed by atoms with Crippen molar-refractivity contribution < 1.29 is 4.74 Å². The van der Waals surface area contributed by atoms with Gasteiger partial charge in [-0.3, -0.25) is 0 Å². The second kappa shape index (κ2) is 6.91. The minimum Gasteiger partial charge on any atom is -0.376 e. The van der Waals surface area contributed by atoms with E-state index < -0.39 is 0 Å². The van der Waals surface area contributed by atoms with Crippen LogP contribution in [0.2, 0.25) is 0 Å². The van der Waals surface area contributed by atoms with Gasteiger partial charge in [-0.05, 0) is 44.9 Å². The Bertz CT molecular complexity index is 373. The van der Waals surface area contributed by atoms with E-state index in [1.54, 1.807) is 0 Å². The molecule has 0 saturated heterocycles. The number of rotatable bonds is 6. The van der Waals surface area contributed by atoms with Crippen molar-refractivity contribution in [2.45, 2.75) is 46.8 Å². The SMILES string of the molecule is CCOC(C(C)C)C(NC)c1ccc(C)cc1C. The van der Waals surface area contributed by atoms with Crippen molar-refractivity contribution in [3.8, 4) is 0 Å². The van der Waals surface area contributed by atoms with E-state index in [2.05, 4.69) is 58.1 Å². The van der Waals surface area contributed by atoms with Gasteiger partial charge in [-0.1, -0.05) is 37.6 Å². The van der Waals surface area contributed by atoms with Gasteiger partial charge in [0.1, 0.15) is 0 Å². The zero-order valence-corrected chi connectivity index (χ0v) is 12.6. The van der Waals surface area contributed by atoms with Crippen LogP contribution in [0, 0.1) is 19.8 Å². The molecule has 0 amide bonds. The Labute approximate surface area is 112 Å². The largest absolute Gasteiger partial charge is 0.376 e. The maximum Gasteiger partial charge on any atom is 0.0792 e. The molecule has 2 heteroatoms. The summed E-state index contributed by atoms with van der Waals surface area (Å²) in [6.45, 7) is 11.6. The number of aryl methyl sites for hydroxylation is 2. The standard InChI is InChI=1S/C16H27NO/c1-7-18-16(11(2)3)15(17-6)14-9-8-12(4)10-13(14)5/h8-11,15-17H,7H2,1-6H3. The van der Waals surface area contributed by atoms with Gasteiger partial charge >= 0.3 is 0 Å². The van der Waals surface area contributed by atoms with Crippen LogP contribution in [0.4, 0.5) is 0 Å². The monoisotopic (exact) mass is 249 g/mol. The summed E-state index contributed by atoms with van der Waals surface area (Å²) in [5.74, 6) is 0.489. The summed E-state index contributed by atoms with van der Waals surface area (Å²) < 4.78 is 5.93. The molecule has 0 spiro atoms. The predicted molar refractivity (Wildman–Crippen MR) is 78.0 cm³/mol. The highest BCUT2D eigenvalue weighted by Gasteiger charge is 2.26. The number of hydrogen-bond donors (Lipinski definition) is 1. The minimum atomic E-state index is 0.210. The van der Waals surface area contributed by atoms with E-state index in [0.717, 1.165) is 6.61 Å². The van der Waals surface area contributed by atoms with Gasteiger partial charge in [0, 0.05) is 6.61 Å². The van der Waals surface area contributed by atoms with E-state index in [1.807, 2.05) is 7.05 Å². The lowest BCUT2D eigenvalue weighted by molar-refractivity contribution is 0.00446. The molecule has 0 aliphatic carbocycles. The fraction of sp³-hybridized carbons (Fsp3) is 0.625. The zero-order chi connectivity index (χ0) is 13.7. The summed E-state index contributed by atoms with van der Waals surface area (Å²) in [7, 11) is 2.01. The topological polar surface area (TPSA) is 21.3 Å².